The maximum atomic E-state index is 11.9. The monoisotopic (exact) mass is 356 g/mol. The van der Waals surface area contributed by atoms with Crippen molar-refractivity contribution in [3.05, 3.63) is 40.3 Å². The van der Waals surface area contributed by atoms with Gasteiger partial charge in [-0.25, -0.2) is 8.42 Å². The fourth-order valence-electron chi connectivity index (χ4n) is 2.60. The van der Waals surface area contributed by atoms with Gasteiger partial charge in [0.1, 0.15) is 5.75 Å². The number of ether oxygens (including phenoxy) is 1. The van der Waals surface area contributed by atoms with Crippen LogP contribution in [-0.2, 0) is 15.8 Å². The summed E-state index contributed by atoms with van der Waals surface area (Å²) in [4.78, 5) is 2.74. The first-order valence-corrected chi connectivity index (χ1v) is 10.1. The van der Waals surface area contributed by atoms with Crippen molar-refractivity contribution in [2.75, 3.05) is 26.5 Å². The SMILES string of the molecule is COc1ccc(CS[C@@H]2C[C@@H](CN=[N+]=[N-])N(S(C)(=O)=O)C2)cc1. The smallest absolute Gasteiger partial charge is 0.211 e. The first-order chi connectivity index (χ1) is 10.9. The lowest BCUT2D eigenvalue weighted by Gasteiger charge is -2.19. The molecule has 1 aliphatic heterocycles. The van der Waals surface area contributed by atoms with E-state index in [2.05, 4.69) is 10.0 Å². The largest absolute Gasteiger partial charge is 0.497 e. The summed E-state index contributed by atoms with van der Waals surface area (Å²) in [5.74, 6) is 1.62. The molecule has 0 spiro atoms. The lowest BCUT2D eigenvalue weighted by Crippen LogP contribution is -2.36. The van der Waals surface area contributed by atoms with Gasteiger partial charge in [0.15, 0.2) is 0 Å². The van der Waals surface area contributed by atoms with E-state index in [1.807, 2.05) is 24.3 Å². The lowest BCUT2D eigenvalue weighted by atomic mass is 10.2. The third kappa shape index (κ3) is 5.04. The highest BCUT2D eigenvalue weighted by Gasteiger charge is 2.37. The number of rotatable bonds is 7. The molecule has 0 amide bonds. The molecular weight excluding hydrogens is 336 g/mol. The van der Waals surface area contributed by atoms with Crippen molar-refractivity contribution in [3.63, 3.8) is 0 Å². The number of azide groups is 1. The number of benzene rings is 1. The molecule has 0 saturated carbocycles. The predicted octanol–water partition coefficient (Wildman–Crippen LogP) is 2.64. The van der Waals surface area contributed by atoms with Gasteiger partial charge in [-0.15, -0.1) is 0 Å². The molecule has 2 rings (SSSR count). The van der Waals surface area contributed by atoms with Crippen molar-refractivity contribution in [3.8, 4) is 5.75 Å². The van der Waals surface area contributed by atoms with Crippen molar-refractivity contribution in [2.24, 2.45) is 5.11 Å². The molecule has 1 aromatic carbocycles. The van der Waals surface area contributed by atoms with Crippen LogP contribution in [0.4, 0.5) is 0 Å². The van der Waals surface area contributed by atoms with Crippen molar-refractivity contribution >= 4 is 21.8 Å². The van der Waals surface area contributed by atoms with E-state index in [0.717, 1.165) is 11.5 Å². The van der Waals surface area contributed by atoms with Crippen LogP contribution < -0.4 is 4.74 Å². The fraction of sp³-hybridized carbons (Fsp3) is 0.571. The number of methoxy groups -OCH3 is 1. The highest BCUT2D eigenvalue weighted by Crippen LogP contribution is 2.31. The second-order valence-electron chi connectivity index (χ2n) is 5.42. The third-order valence-electron chi connectivity index (χ3n) is 3.75. The molecule has 1 aliphatic rings. The molecule has 7 nitrogen and oxygen atoms in total. The fourth-order valence-corrected chi connectivity index (χ4v) is 5.09. The van der Waals surface area contributed by atoms with Gasteiger partial charge >= 0.3 is 0 Å². The van der Waals surface area contributed by atoms with Gasteiger partial charge in [-0.2, -0.15) is 16.1 Å². The molecule has 0 aliphatic carbocycles. The van der Waals surface area contributed by atoms with Crippen LogP contribution in [0.5, 0.6) is 5.75 Å². The van der Waals surface area contributed by atoms with E-state index in [0.29, 0.717) is 13.0 Å². The topological polar surface area (TPSA) is 95.4 Å². The summed E-state index contributed by atoms with van der Waals surface area (Å²) in [6, 6.07) is 7.60. The molecule has 1 heterocycles. The summed E-state index contributed by atoms with van der Waals surface area (Å²) in [6.07, 6.45) is 1.90. The maximum Gasteiger partial charge on any atom is 0.211 e. The van der Waals surface area contributed by atoms with Crippen molar-refractivity contribution < 1.29 is 13.2 Å². The molecule has 9 heteroatoms. The Labute approximate surface area is 140 Å². The Morgan fingerprint density at radius 1 is 1.43 bits per heavy atom. The minimum Gasteiger partial charge on any atom is -0.497 e. The Bertz CT molecular complexity index is 672. The van der Waals surface area contributed by atoms with Gasteiger partial charge in [0.05, 0.1) is 13.4 Å². The normalized spacial score (nSPS) is 21.8. The summed E-state index contributed by atoms with van der Waals surface area (Å²) in [6.45, 7) is 0.647. The molecular formula is C14H20N4O3S2. The van der Waals surface area contributed by atoms with Crippen LogP contribution in [0.25, 0.3) is 10.4 Å². The number of sulfonamides is 1. The van der Waals surface area contributed by atoms with Crippen molar-refractivity contribution in [1.82, 2.24) is 4.31 Å². The van der Waals surface area contributed by atoms with E-state index >= 15 is 0 Å². The van der Waals surface area contributed by atoms with Crippen molar-refractivity contribution in [2.45, 2.75) is 23.5 Å². The Kier molecular flexibility index (Phi) is 6.17. The van der Waals surface area contributed by atoms with Crippen LogP contribution in [-0.4, -0.2) is 50.5 Å². The Hall–Kier alpha value is -1.41. The van der Waals surface area contributed by atoms with E-state index in [1.165, 1.54) is 16.1 Å². The zero-order valence-corrected chi connectivity index (χ0v) is 14.8. The van der Waals surface area contributed by atoms with Crippen LogP contribution in [0.2, 0.25) is 0 Å². The van der Waals surface area contributed by atoms with Gasteiger partial charge < -0.3 is 4.74 Å². The van der Waals surface area contributed by atoms with Gasteiger partial charge in [-0.3, -0.25) is 0 Å². The average Bonchev–Trinajstić information content (AvgIpc) is 2.95. The molecule has 1 fully saturated rings. The highest BCUT2D eigenvalue weighted by molar-refractivity contribution is 7.99. The van der Waals surface area contributed by atoms with Gasteiger partial charge in [0.2, 0.25) is 10.0 Å². The van der Waals surface area contributed by atoms with Gasteiger partial charge in [0.25, 0.3) is 0 Å². The molecule has 0 aromatic heterocycles. The van der Waals surface area contributed by atoms with Gasteiger partial charge in [0, 0.05) is 35.0 Å². The standard InChI is InChI=1S/C14H20N4O3S2/c1-21-13-5-3-11(4-6-13)10-22-14-7-12(8-16-17-15)18(9-14)23(2,19)20/h3-6,12,14H,7-10H2,1-2H3/t12-,14+/m0/s1. The number of hydrogen-bond donors (Lipinski definition) is 0. The van der Waals surface area contributed by atoms with Gasteiger partial charge in [-0.1, -0.05) is 17.2 Å². The van der Waals surface area contributed by atoms with Crippen LogP contribution in [0.1, 0.15) is 12.0 Å². The third-order valence-corrected chi connectivity index (χ3v) is 6.36. The highest BCUT2D eigenvalue weighted by atomic mass is 32.2. The summed E-state index contributed by atoms with van der Waals surface area (Å²) in [7, 11) is -1.66. The van der Waals surface area contributed by atoms with Crippen molar-refractivity contribution in [1.29, 1.82) is 0 Å². The molecule has 1 saturated heterocycles. The zero-order chi connectivity index (χ0) is 16.9. The molecule has 23 heavy (non-hydrogen) atoms. The van der Waals surface area contributed by atoms with Crippen LogP contribution in [0.3, 0.4) is 0 Å². The van der Waals surface area contributed by atoms with Crippen LogP contribution in [0, 0.1) is 0 Å². The second-order valence-corrected chi connectivity index (χ2v) is 8.64. The lowest BCUT2D eigenvalue weighted by molar-refractivity contribution is 0.396. The molecule has 0 radical (unpaired) electrons. The Morgan fingerprint density at radius 2 is 2.13 bits per heavy atom. The minimum atomic E-state index is -3.29. The average molecular weight is 356 g/mol. The van der Waals surface area contributed by atoms with E-state index in [-0.39, 0.29) is 17.8 Å². The summed E-state index contributed by atoms with van der Waals surface area (Å²) < 4.78 is 30.3. The van der Waals surface area contributed by atoms with E-state index in [1.54, 1.807) is 18.9 Å². The first kappa shape index (κ1) is 17.9. The maximum absolute atomic E-state index is 11.9. The second kappa shape index (κ2) is 7.92. The Morgan fingerprint density at radius 3 is 2.70 bits per heavy atom. The summed E-state index contributed by atoms with van der Waals surface area (Å²) in [5, 5.41) is 3.74. The van der Waals surface area contributed by atoms with Gasteiger partial charge in [-0.05, 0) is 29.6 Å². The summed E-state index contributed by atoms with van der Waals surface area (Å²) in [5.41, 5.74) is 9.62. The quantitative estimate of drug-likeness (QED) is 0.426. The number of hydrogen-bond acceptors (Lipinski definition) is 5. The minimum absolute atomic E-state index is 0.184. The van der Waals surface area contributed by atoms with Crippen LogP contribution in [0.15, 0.2) is 29.4 Å². The molecule has 0 N–H and O–H groups in total. The van der Waals surface area contributed by atoms with Crippen LogP contribution >= 0.6 is 11.8 Å². The molecule has 1 aromatic rings. The van der Waals surface area contributed by atoms with E-state index in [9.17, 15) is 8.42 Å². The molecule has 126 valence electrons. The number of nitrogens with zero attached hydrogens (tertiary/aromatic N) is 4. The Balaban J connectivity index is 1.96. The summed E-state index contributed by atoms with van der Waals surface area (Å²) >= 11 is 1.73. The van der Waals surface area contributed by atoms with E-state index < -0.39 is 10.0 Å². The van der Waals surface area contributed by atoms with E-state index in [4.69, 9.17) is 10.3 Å². The molecule has 0 unspecified atom stereocenters. The number of thioether (sulfide) groups is 1. The predicted molar refractivity (Wildman–Crippen MR) is 92.0 cm³/mol. The molecule has 2 atom stereocenters. The first-order valence-electron chi connectivity index (χ1n) is 7.16. The zero-order valence-electron chi connectivity index (χ0n) is 13.1. The molecule has 0 bridgehead atoms.